The summed E-state index contributed by atoms with van der Waals surface area (Å²) in [6.45, 7) is 4.67. The van der Waals surface area contributed by atoms with Crippen LogP contribution < -0.4 is 0 Å². The Bertz CT molecular complexity index is 6000. The van der Waals surface area contributed by atoms with Crippen LogP contribution in [0.5, 0.6) is 0 Å². The monoisotopic (exact) mass is 1290 g/mol. The Morgan fingerprint density at radius 2 is 0.446 bits per heavy atom. The topological polar surface area (TPSA) is 87.2 Å². The highest BCUT2D eigenvalue weighted by Crippen LogP contribution is 2.51. The van der Waals surface area contributed by atoms with E-state index in [-0.39, 0.29) is 5.41 Å². The lowest BCUT2D eigenvalue weighted by Gasteiger charge is -2.22. The summed E-state index contributed by atoms with van der Waals surface area (Å²) >= 11 is 0. The van der Waals surface area contributed by atoms with Crippen LogP contribution in [0.25, 0.3) is 168 Å². The maximum Gasteiger partial charge on any atom is 0.164 e. The van der Waals surface area contributed by atoms with Gasteiger partial charge in [0.15, 0.2) is 34.9 Å². The third kappa shape index (κ3) is 11.1. The molecule has 101 heavy (non-hydrogen) atoms. The highest BCUT2D eigenvalue weighted by Gasteiger charge is 2.36. The van der Waals surface area contributed by atoms with Gasteiger partial charge in [-0.05, 0) is 128 Å². The third-order valence-corrected chi connectivity index (χ3v) is 19.7. The number of nitrogens with zero attached hydrogens (tertiary/aromatic N) is 8. The molecule has 0 unspecified atom stereocenters. The highest BCUT2D eigenvalue weighted by atomic mass is 15.0. The molecule has 0 spiro atoms. The normalized spacial score (nSPS) is 12.1. The van der Waals surface area contributed by atoms with Crippen molar-refractivity contribution in [2.24, 2.45) is 0 Å². The Morgan fingerprint density at radius 1 is 0.198 bits per heavy atom. The zero-order chi connectivity index (χ0) is 67.4. The molecule has 18 aromatic rings. The average molecular weight is 1290 g/mol. The van der Waals surface area contributed by atoms with Gasteiger partial charge in [0.25, 0.3) is 0 Å². The van der Waals surface area contributed by atoms with Gasteiger partial charge in [0.1, 0.15) is 0 Å². The molecule has 476 valence electrons. The van der Waals surface area contributed by atoms with Crippen LogP contribution in [-0.4, -0.2) is 39.0 Å². The van der Waals surface area contributed by atoms with Gasteiger partial charge in [-0.3, -0.25) is 0 Å². The summed E-state index contributed by atoms with van der Waals surface area (Å²) in [5.74, 6) is 3.98. The van der Waals surface area contributed by atoms with Crippen molar-refractivity contribution >= 4 is 43.6 Å². The molecule has 19 rings (SSSR count). The van der Waals surface area contributed by atoms with E-state index in [1.165, 1.54) is 99.5 Å². The van der Waals surface area contributed by atoms with Gasteiger partial charge >= 0.3 is 0 Å². The number of hydrogen-bond acceptors (Lipinski definition) is 6. The number of para-hydroxylation sites is 4. The molecule has 0 amide bonds. The summed E-state index contributed by atoms with van der Waals surface area (Å²) in [5.41, 5.74) is 25.0. The number of rotatable bonds is 11. The molecule has 0 radical (unpaired) electrons. The van der Waals surface area contributed by atoms with Crippen molar-refractivity contribution in [3.8, 4) is 124 Å². The molecule has 0 saturated heterocycles. The minimum absolute atomic E-state index is 0.221. The summed E-state index contributed by atoms with van der Waals surface area (Å²) in [6.07, 6.45) is 0. The molecule has 1 aliphatic rings. The van der Waals surface area contributed by atoms with E-state index >= 15 is 0 Å². The maximum absolute atomic E-state index is 5.02. The van der Waals surface area contributed by atoms with Gasteiger partial charge in [-0.25, -0.2) is 29.9 Å². The van der Waals surface area contributed by atoms with Gasteiger partial charge in [-0.2, -0.15) is 0 Å². The molecule has 8 heteroatoms. The molecule has 8 nitrogen and oxygen atoms in total. The number of benzene rings is 14. The Kier molecular flexibility index (Phi) is 15.1. The van der Waals surface area contributed by atoms with Crippen molar-refractivity contribution in [3.63, 3.8) is 0 Å². The van der Waals surface area contributed by atoms with Gasteiger partial charge in [-0.1, -0.05) is 293 Å². The second kappa shape index (κ2) is 25.3. The Labute approximate surface area is 585 Å². The van der Waals surface area contributed by atoms with Crippen LogP contribution in [0.3, 0.4) is 0 Å². The van der Waals surface area contributed by atoms with E-state index in [1.807, 2.05) is 121 Å². The van der Waals surface area contributed by atoms with Gasteiger partial charge in [0.05, 0.1) is 22.1 Å². The zero-order valence-electron chi connectivity index (χ0n) is 55.6. The molecule has 0 aliphatic heterocycles. The highest BCUT2D eigenvalue weighted by molar-refractivity contribution is 6.12. The first-order valence-electron chi connectivity index (χ1n) is 34.2. The van der Waals surface area contributed by atoms with Crippen molar-refractivity contribution in [1.29, 1.82) is 0 Å². The van der Waals surface area contributed by atoms with Crippen molar-refractivity contribution < 1.29 is 0 Å². The third-order valence-electron chi connectivity index (χ3n) is 19.7. The van der Waals surface area contributed by atoms with Crippen LogP contribution >= 0.6 is 0 Å². The van der Waals surface area contributed by atoms with Crippen molar-refractivity contribution in [2.75, 3.05) is 0 Å². The van der Waals surface area contributed by atoms with Crippen LogP contribution in [0.15, 0.2) is 352 Å². The van der Waals surface area contributed by atoms with Gasteiger partial charge in [0, 0.05) is 71.7 Å². The smallest absolute Gasteiger partial charge is 0.164 e. The van der Waals surface area contributed by atoms with Crippen molar-refractivity contribution in [3.05, 3.63) is 363 Å². The minimum atomic E-state index is -0.221. The van der Waals surface area contributed by atoms with Crippen LogP contribution in [0.4, 0.5) is 0 Å². The van der Waals surface area contributed by atoms with E-state index in [4.69, 9.17) is 29.9 Å². The van der Waals surface area contributed by atoms with Crippen molar-refractivity contribution in [1.82, 2.24) is 39.0 Å². The van der Waals surface area contributed by atoms with Crippen LogP contribution in [-0.2, 0) is 5.41 Å². The molecular formula is C93H64N8. The first-order valence-corrected chi connectivity index (χ1v) is 34.2. The molecule has 14 aromatic carbocycles. The van der Waals surface area contributed by atoms with E-state index in [0.29, 0.717) is 34.9 Å². The lowest BCUT2D eigenvalue weighted by atomic mass is 9.81. The average Bonchev–Trinajstić information content (AvgIpc) is 1.58. The van der Waals surface area contributed by atoms with Crippen LogP contribution in [0.1, 0.15) is 25.0 Å². The predicted octanol–water partition coefficient (Wildman–Crippen LogP) is 23.2. The van der Waals surface area contributed by atoms with Crippen LogP contribution in [0.2, 0.25) is 0 Å². The number of aromatic nitrogens is 8. The fourth-order valence-electron chi connectivity index (χ4n) is 14.6. The van der Waals surface area contributed by atoms with Crippen molar-refractivity contribution in [2.45, 2.75) is 19.3 Å². The van der Waals surface area contributed by atoms with Crippen LogP contribution in [0, 0.1) is 0 Å². The van der Waals surface area contributed by atoms with E-state index in [0.717, 1.165) is 44.5 Å². The first kappa shape index (κ1) is 60.1. The summed E-state index contributed by atoms with van der Waals surface area (Å²) in [4.78, 5) is 29.5. The fraction of sp³-hybridized carbons (Fsp3) is 0.0323. The summed E-state index contributed by atoms with van der Waals surface area (Å²) in [7, 11) is 0. The standard InChI is InChI=1S/C48H34N4.C45H30N4/c1-48(2)41-29-34(33-24-27-44-40(28-33)39-20-12-13-21-43(39)52(44)36-18-10-5-11-19-36)22-25-37(41)38-26-23-35(30-42(38)48)47-50-45(31-14-6-3-7-15-31)49-46(51-47)32-16-8-4-9-17-32;1-4-12-34(13-5-1)43-46-44(35-14-6-2-7-15-35)48-45(47-43)36-26-24-32(25-27-36)31-20-22-33(23-21-31)37-28-29-42-40(30-37)39-18-10-11-19-41(39)49(42)38-16-8-3-9-17-38/h3-30H,1-2H3;1-30H. The lowest BCUT2D eigenvalue weighted by Crippen LogP contribution is -2.15. The fourth-order valence-corrected chi connectivity index (χ4v) is 14.6. The predicted molar refractivity (Wildman–Crippen MR) is 415 cm³/mol. The molecule has 0 N–H and O–H groups in total. The first-order chi connectivity index (χ1) is 49.8. The summed E-state index contributed by atoms with van der Waals surface area (Å²) in [6, 6.07) is 124. The largest absolute Gasteiger partial charge is 0.309 e. The molecule has 4 heterocycles. The Morgan fingerprint density at radius 3 is 0.832 bits per heavy atom. The Balaban J connectivity index is 0.000000145. The molecular weight excluding hydrogens is 1230 g/mol. The molecule has 4 aromatic heterocycles. The second-order valence-corrected chi connectivity index (χ2v) is 26.2. The number of fused-ring (bicyclic) bond motifs is 9. The van der Waals surface area contributed by atoms with E-state index in [2.05, 4.69) is 254 Å². The molecule has 0 saturated carbocycles. The lowest BCUT2D eigenvalue weighted by molar-refractivity contribution is 0.661. The summed E-state index contributed by atoms with van der Waals surface area (Å²) < 4.78 is 4.72. The van der Waals surface area contributed by atoms with Gasteiger partial charge in [-0.15, -0.1) is 0 Å². The quantitative estimate of drug-likeness (QED) is 0.128. The zero-order valence-corrected chi connectivity index (χ0v) is 55.6. The van der Waals surface area contributed by atoms with E-state index in [1.54, 1.807) is 0 Å². The molecule has 0 fully saturated rings. The van der Waals surface area contributed by atoms with Gasteiger partial charge in [0.2, 0.25) is 0 Å². The molecule has 0 atom stereocenters. The SMILES string of the molecule is CC1(C)c2cc(-c3ccc4c(c3)c3ccccc3n4-c3ccccc3)ccc2-c2ccc(-c3nc(-c4ccccc4)nc(-c4ccccc4)n3)cc21.c1ccc(-c2nc(-c3ccccc3)nc(-c3ccc(-c4ccc(-c5ccc6c(c5)c5ccccc5n6-c5ccccc5)cc4)cc3)n2)cc1. The molecule has 1 aliphatic carbocycles. The minimum Gasteiger partial charge on any atom is -0.309 e. The maximum atomic E-state index is 5.02. The van der Waals surface area contributed by atoms with E-state index in [9.17, 15) is 0 Å². The van der Waals surface area contributed by atoms with E-state index < -0.39 is 0 Å². The second-order valence-electron chi connectivity index (χ2n) is 26.2. The summed E-state index contributed by atoms with van der Waals surface area (Å²) in [5, 5.41) is 5.02. The van der Waals surface area contributed by atoms with Gasteiger partial charge < -0.3 is 9.13 Å². The number of hydrogen-bond donors (Lipinski definition) is 0. The Hall–Kier alpha value is -13.3. The molecule has 0 bridgehead atoms.